The molecule has 1 unspecified atom stereocenters. The van der Waals surface area contributed by atoms with Gasteiger partial charge in [0.05, 0.1) is 19.1 Å². The van der Waals surface area contributed by atoms with Gasteiger partial charge in [-0.15, -0.1) is 0 Å². The van der Waals surface area contributed by atoms with E-state index in [4.69, 9.17) is 5.73 Å². The van der Waals surface area contributed by atoms with Gasteiger partial charge in [-0.05, 0) is 12.3 Å². The van der Waals surface area contributed by atoms with Crippen LogP contribution in [0, 0.1) is 5.92 Å². The molecule has 0 fully saturated rings. The molecule has 0 bridgehead atoms. The molecule has 0 radical (unpaired) electrons. The van der Waals surface area contributed by atoms with Crippen LogP contribution in [0.2, 0.25) is 0 Å². The van der Waals surface area contributed by atoms with Crippen molar-refractivity contribution in [3.63, 3.8) is 0 Å². The van der Waals surface area contributed by atoms with Gasteiger partial charge in [0.15, 0.2) is 0 Å². The average Bonchev–Trinajstić information content (AvgIpc) is 2.73. The second-order valence-electron chi connectivity index (χ2n) is 4.62. The summed E-state index contributed by atoms with van der Waals surface area (Å²) in [5, 5.41) is 0. The Kier molecular flexibility index (Phi) is 5.15. The molecular weight excluding hydrogens is 218 g/mol. The second kappa shape index (κ2) is 6.39. The van der Waals surface area contributed by atoms with Crippen molar-refractivity contribution in [2.75, 3.05) is 7.11 Å². The minimum absolute atomic E-state index is 0.401. The molecule has 1 aromatic rings. The zero-order valence-corrected chi connectivity index (χ0v) is 10.7. The summed E-state index contributed by atoms with van der Waals surface area (Å²) in [6, 6.07) is -0.631. The van der Waals surface area contributed by atoms with Gasteiger partial charge in [0.25, 0.3) is 0 Å². The fourth-order valence-electron chi connectivity index (χ4n) is 1.50. The van der Waals surface area contributed by atoms with Crippen LogP contribution >= 0.6 is 0 Å². The van der Waals surface area contributed by atoms with Crippen LogP contribution in [0.3, 0.4) is 0 Å². The smallest absolute Gasteiger partial charge is 0.323 e. The number of nitrogens with zero attached hydrogens (tertiary/aromatic N) is 2. The minimum atomic E-state index is -0.631. The molecule has 0 aliphatic rings. The first-order chi connectivity index (χ1) is 8.02. The highest BCUT2D eigenvalue weighted by atomic mass is 16.5. The first-order valence-electron chi connectivity index (χ1n) is 5.87. The second-order valence-corrected chi connectivity index (χ2v) is 4.62. The molecule has 5 heteroatoms. The van der Waals surface area contributed by atoms with Crippen molar-refractivity contribution in [1.29, 1.82) is 0 Å². The highest BCUT2D eigenvalue weighted by Crippen LogP contribution is 2.05. The fraction of sp³-hybridized carbons (Fsp3) is 0.667. The molecule has 0 aliphatic carbocycles. The minimum Gasteiger partial charge on any atom is -0.468 e. The molecule has 1 atom stereocenters. The molecule has 1 rings (SSSR count). The Labute approximate surface area is 102 Å². The van der Waals surface area contributed by atoms with E-state index in [1.165, 1.54) is 7.11 Å². The van der Waals surface area contributed by atoms with Gasteiger partial charge in [-0.1, -0.05) is 13.8 Å². The Hall–Kier alpha value is -1.36. The number of carbonyl (C=O) groups is 1. The molecule has 0 saturated carbocycles. The standard InChI is InChI=1S/C12H21N3O2/c1-9(2)4-5-15-7-10(14-8-15)6-11(13)12(16)17-3/h7-9,11H,4-6,13H2,1-3H3. The summed E-state index contributed by atoms with van der Waals surface area (Å²) in [6.45, 7) is 5.31. The van der Waals surface area contributed by atoms with E-state index in [1.54, 1.807) is 6.33 Å². The van der Waals surface area contributed by atoms with Crippen molar-refractivity contribution in [2.24, 2.45) is 11.7 Å². The van der Waals surface area contributed by atoms with Gasteiger partial charge >= 0.3 is 5.97 Å². The molecule has 17 heavy (non-hydrogen) atoms. The number of methoxy groups -OCH3 is 1. The van der Waals surface area contributed by atoms with E-state index in [0.29, 0.717) is 12.3 Å². The predicted octanol–water partition coefficient (Wildman–Crippen LogP) is 0.972. The van der Waals surface area contributed by atoms with Crippen LogP contribution < -0.4 is 5.73 Å². The largest absolute Gasteiger partial charge is 0.468 e. The van der Waals surface area contributed by atoms with Crippen molar-refractivity contribution >= 4 is 5.97 Å². The van der Waals surface area contributed by atoms with Gasteiger partial charge in [0.2, 0.25) is 0 Å². The van der Waals surface area contributed by atoms with Gasteiger partial charge < -0.3 is 15.0 Å². The Morgan fingerprint density at radius 3 is 2.88 bits per heavy atom. The van der Waals surface area contributed by atoms with Crippen molar-refractivity contribution < 1.29 is 9.53 Å². The summed E-state index contributed by atoms with van der Waals surface area (Å²) in [6.07, 6.45) is 5.24. The van der Waals surface area contributed by atoms with E-state index in [0.717, 1.165) is 18.7 Å². The van der Waals surface area contributed by atoms with Crippen molar-refractivity contribution in [3.05, 3.63) is 18.2 Å². The highest BCUT2D eigenvalue weighted by molar-refractivity contribution is 5.75. The Bertz CT molecular complexity index is 360. The topological polar surface area (TPSA) is 70.1 Å². The molecule has 5 nitrogen and oxygen atoms in total. The van der Waals surface area contributed by atoms with E-state index in [1.807, 2.05) is 10.8 Å². The maximum Gasteiger partial charge on any atom is 0.323 e. The number of rotatable bonds is 6. The van der Waals surface area contributed by atoms with Crippen molar-refractivity contribution in [3.8, 4) is 0 Å². The van der Waals surface area contributed by atoms with Crippen LogP contribution in [0.5, 0.6) is 0 Å². The molecular formula is C12H21N3O2. The zero-order valence-electron chi connectivity index (χ0n) is 10.7. The molecule has 2 N–H and O–H groups in total. The summed E-state index contributed by atoms with van der Waals surface area (Å²) in [5.74, 6) is 0.264. The van der Waals surface area contributed by atoms with Crippen LogP contribution in [0.1, 0.15) is 26.0 Å². The lowest BCUT2D eigenvalue weighted by molar-refractivity contribution is -0.142. The third-order valence-electron chi connectivity index (χ3n) is 2.58. The van der Waals surface area contributed by atoms with Gasteiger partial charge in [-0.25, -0.2) is 4.98 Å². The van der Waals surface area contributed by atoms with E-state index in [9.17, 15) is 4.79 Å². The summed E-state index contributed by atoms with van der Waals surface area (Å²) >= 11 is 0. The zero-order chi connectivity index (χ0) is 12.8. The van der Waals surface area contributed by atoms with Gasteiger partial charge in [-0.2, -0.15) is 0 Å². The molecule has 1 aromatic heterocycles. The van der Waals surface area contributed by atoms with Crippen molar-refractivity contribution in [1.82, 2.24) is 9.55 Å². The van der Waals surface area contributed by atoms with Crippen LogP contribution in [0.15, 0.2) is 12.5 Å². The molecule has 96 valence electrons. The van der Waals surface area contributed by atoms with Gasteiger partial charge in [0, 0.05) is 19.2 Å². The number of hydrogen-bond acceptors (Lipinski definition) is 4. The Morgan fingerprint density at radius 1 is 1.59 bits per heavy atom. The molecule has 0 aliphatic heterocycles. The predicted molar refractivity (Wildman–Crippen MR) is 65.4 cm³/mol. The third kappa shape index (κ3) is 4.56. The third-order valence-corrected chi connectivity index (χ3v) is 2.58. The quantitative estimate of drug-likeness (QED) is 0.751. The number of aromatic nitrogens is 2. The van der Waals surface area contributed by atoms with E-state index >= 15 is 0 Å². The normalized spacial score (nSPS) is 12.8. The number of carbonyl (C=O) groups excluding carboxylic acids is 1. The molecule has 0 aromatic carbocycles. The maximum atomic E-state index is 11.2. The molecule has 0 saturated heterocycles. The number of imidazole rings is 1. The van der Waals surface area contributed by atoms with Crippen molar-refractivity contribution in [2.45, 2.75) is 39.3 Å². The molecule has 0 spiro atoms. The maximum absolute atomic E-state index is 11.2. The lowest BCUT2D eigenvalue weighted by Gasteiger charge is -2.06. The summed E-state index contributed by atoms with van der Waals surface area (Å²) < 4.78 is 6.60. The summed E-state index contributed by atoms with van der Waals surface area (Å²) in [4.78, 5) is 15.4. The van der Waals surface area contributed by atoms with E-state index in [2.05, 4.69) is 23.6 Å². The number of aryl methyl sites for hydroxylation is 1. The van der Waals surface area contributed by atoms with Gasteiger partial charge in [0.1, 0.15) is 6.04 Å². The Balaban J connectivity index is 2.48. The number of ether oxygens (including phenoxy) is 1. The SMILES string of the molecule is COC(=O)C(N)Cc1cn(CCC(C)C)cn1. The van der Waals surface area contributed by atoms with Gasteiger partial charge in [-0.3, -0.25) is 4.79 Å². The monoisotopic (exact) mass is 239 g/mol. The number of nitrogens with two attached hydrogens (primary N) is 1. The summed E-state index contributed by atoms with van der Waals surface area (Å²) in [5.41, 5.74) is 6.49. The molecule has 1 heterocycles. The lowest BCUT2D eigenvalue weighted by Crippen LogP contribution is -2.33. The summed E-state index contributed by atoms with van der Waals surface area (Å²) in [7, 11) is 1.34. The Morgan fingerprint density at radius 2 is 2.29 bits per heavy atom. The first-order valence-corrected chi connectivity index (χ1v) is 5.87. The molecule has 0 amide bonds. The van der Waals surface area contributed by atoms with Crippen LogP contribution in [-0.4, -0.2) is 28.7 Å². The number of hydrogen-bond donors (Lipinski definition) is 1. The average molecular weight is 239 g/mol. The fourth-order valence-corrected chi connectivity index (χ4v) is 1.50. The van der Waals surface area contributed by atoms with Crippen LogP contribution in [-0.2, 0) is 22.5 Å². The first kappa shape index (κ1) is 13.7. The van der Waals surface area contributed by atoms with E-state index < -0.39 is 12.0 Å². The van der Waals surface area contributed by atoms with Crippen LogP contribution in [0.25, 0.3) is 0 Å². The van der Waals surface area contributed by atoms with E-state index in [-0.39, 0.29) is 0 Å². The number of esters is 1. The van der Waals surface area contributed by atoms with Crippen LogP contribution in [0.4, 0.5) is 0 Å². The lowest BCUT2D eigenvalue weighted by atomic mass is 10.1. The highest BCUT2D eigenvalue weighted by Gasteiger charge is 2.15.